The first kappa shape index (κ1) is 19.7. The summed E-state index contributed by atoms with van der Waals surface area (Å²) in [5.74, 6) is -1.82. The lowest BCUT2D eigenvalue weighted by atomic mass is 10.1. The fraction of sp³-hybridized carbons (Fsp3) is 0.227. The maximum absolute atomic E-state index is 14.3. The predicted molar refractivity (Wildman–Crippen MR) is 113 cm³/mol. The van der Waals surface area contributed by atoms with E-state index in [0.717, 1.165) is 54.9 Å². The average molecular weight is 436 g/mol. The molecule has 1 N–H and O–H groups in total. The van der Waals surface area contributed by atoms with Gasteiger partial charge in [0.15, 0.2) is 11.6 Å². The van der Waals surface area contributed by atoms with Crippen LogP contribution in [0.15, 0.2) is 58.8 Å². The summed E-state index contributed by atoms with van der Waals surface area (Å²) in [4.78, 5) is 0.760. The van der Waals surface area contributed by atoms with Gasteiger partial charge in [-0.25, -0.2) is 13.3 Å². The molecule has 0 spiro atoms. The van der Waals surface area contributed by atoms with Gasteiger partial charge in [-0.2, -0.15) is 15.5 Å². The summed E-state index contributed by atoms with van der Waals surface area (Å²) < 4.78 is 31.6. The van der Waals surface area contributed by atoms with E-state index in [4.69, 9.17) is 0 Å². The molecule has 1 saturated heterocycles. The van der Waals surface area contributed by atoms with E-state index in [-0.39, 0.29) is 4.90 Å². The number of pyridine rings is 1. The zero-order chi connectivity index (χ0) is 21.4. The molecule has 156 valence electrons. The Labute approximate surface area is 181 Å². The van der Waals surface area contributed by atoms with Gasteiger partial charge >= 0.3 is 0 Å². The van der Waals surface area contributed by atoms with Gasteiger partial charge in [0.2, 0.25) is 0 Å². The molecule has 1 aliphatic heterocycles. The zero-order valence-corrected chi connectivity index (χ0v) is 17.2. The van der Waals surface area contributed by atoms with Gasteiger partial charge in [0.25, 0.3) is 0 Å². The SMILES string of the molecule is N#Cc1cnn2cc(-c3cnn(C4CCCNC4)c3)cc(Sc3cccc(F)c3F)c12. The quantitative estimate of drug-likeness (QED) is 0.513. The molecule has 0 amide bonds. The van der Waals surface area contributed by atoms with Crippen LogP contribution in [-0.2, 0) is 0 Å². The summed E-state index contributed by atoms with van der Waals surface area (Å²) in [6.45, 7) is 1.91. The summed E-state index contributed by atoms with van der Waals surface area (Å²) in [5, 5.41) is 21.7. The van der Waals surface area contributed by atoms with Crippen molar-refractivity contribution in [2.45, 2.75) is 28.7 Å². The Balaban J connectivity index is 1.58. The van der Waals surface area contributed by atoms with Gasteiger partial charge in [0.05, 0.1) is 34.4 Å². The molecule has 0 saturated carbocycles. The Morgan fingerprint density at radius 3 is 2.84 bits per heavy atom. The molecule has 0 radical (unpaired) electrons. The van der Waals surface area contributed by atoms with Gasteiger partial charge in [-0.15, -0.1) is 0 Å². The minimum Gasteiger partial charge on any atom is -0.315 e. The van der Waals surface area contributed by atoms with Gasteiger partial charge in [0.1, 0.15) is 6.07 Å². The van der Waals surface area contributed by atoms with Crippen molar-refractivity contribution in [2.75, 3.05) is 13.1 Å². The first-order chi connectivity index (χ1) is 15.1. The number of fused-ring (bicyclic) bond motifs is 1. The number of hydrogen-bond acceptors (Lipinski definition) is 5. The third-order valence-electron chi connectivity index (χ3n) is 5.41. The molecule has 31 heavy (non-hydrogen) atoms. The van der Waals surface area contributed by atoms with Crippen LogP contribution in [0.3, 0.4) is 0 Å². The summed E-state index contributed by atoms with van der Waals surface area (Å²) in [7, 11) is 0. The topological polar surface area (TPSA) is 70.9 Å². The molecule has 1 atom stereocenters. The van der Waals surface area contributed by atoms with Gasteiger partial charge in [-0.3, -0.25) is 4.68 Å². The number of nitrogens with one attached hydrogen (secondary N) is 1. The number of rotatable bonds is 4. The van der Waals surface area contributed by atoms with E-state index in [1.807, 2.05) is 23.1 Å². The number of benzene rings is 1. The normalized spacial score (nSPS) is 16.5. The lowest BCUT2D eigenvalue weighted by Gasteiger charge is -2.22. The molecule has 6 nitrogen and oxygen atoms in total. The molecule has 5 rings (SSSR count). The van der Waals surface area contributed by atoms with Crippen molar-refractivity contribution in [3.05, 3.63) is 66.3 Å². The Hall–Kier alpha value is -3.22. The average Bonchev–Trinajstić information content (AvgIpc) is 3.45. The van der Waals surface area contributed by atoms with E-state index in [9.17, 15) is 14.0 Å². The largest absolute Gasteiger partial charge is 0.315 e. The monoisotopic (exact) mass is 436 g/mol. The predicted octanol–water partition coefficient (Wildman–Crippen LogP) is 4.42. The van der Waals surface area contributed by atoms with Crippen molar-refractivity contribution in [1.29, 1.82) is 5.26 Å². The maximum atomic E-state index is 14.3. The zero-order valence-electron chi connectivity index (χ0n) is 16.4. The van der Waals surface area contributed by atoms with Gasteiger partial charge in [0, 0.05) is 35.0 Å². The third kappa shape index (κ3) is 3.69. The number of aromatic nitrogens is 4. The van der Waals surface area contributed by atoms with Gasteiger partial charge in [-0.1, -0.05) is 17.8 Å². The lowest BCUT2D eigenvalue weighted by molar-refractivity contribution is 0.347. The van der Waals surface area contributed by atoms with Crippen LogP contribution >= 0.6 is 11.8 Å². The highest BCUT2D eigenvalue weighted by molar-refractivity contribution is 7.99. The molecule has 3 aromatic heterocycles. The van der Waals surface area contributed by atoms with Crippen LogP contribution in [0.4, 0.5) is 8.78 Å². The van der Waals surface area contributed by atoms with Crippen molar-refractivity contribution in [1.82, 2.24) is 24.7 Å². The molecule has 4 heterocycles. The van der Waals surface area contributed by atoms with Crippen molar-refractivity contribution < 1.29 is 8.78 Å². The standard InChI is InChI=1S/C22H18F2N6S/c23-18-4-1-5-19(21(18)24)31-20-7-14(12-30-22(20)15(8-25)9-28-30)16-10-27-29(13-16)17-3-2-6-26-11-17/h1,4-5,7,9-10,12-13,17,26H,2-3,6,11H2. The first-order valence-electron chi connectivity index (χ1n) is 9.92. The second-order valence-electron chi connectivity index (χ2n) is 7.42. The summed E-state index contributed by atoms with van der Waals surface area (Å²) in [6, 6.07) is 8.35. The van der Waals surface area contributed by atoms with E-state index in [2.05, 4.69) is 21.6 Å². The van der Waals surface area contributed by atoms with Crippen LogP contribution in [0.5, 0.6) is 0 Å². The fourth-order valence-corrected chi connectivity index (χ4v) is 4.89. The summed E-state index contributed by atoms with van der Waals surface area (Å²) in [6.07, 6.45) is 9.26. The van der Waals surface area contributed by atoms with Crippen molar-refractivity contribution in [3.8, 4) is 17.2 Å². The number of hydrogen-bond donors (Lipinski definition) is 1. The molecular formula is C22H18F2N6S. The minimum absolute atomic E-state index is 0.146. The van der Waals surface area contributed by atoms with E-state index in [0.29, 0.717) is 22.0 Å². The van der Waals surface area contributed by atoms with Crippen LogP contribution in [-0.4, -0.2) is 32.5 Å². The molecule has 9 heteroatoms. The highest BCUT2D eigenvalue weighted by atomic mass is 32.2. The van der Waals surface area contributed by atoms with E-state index in [1.54, 1.807) is 10.7 Å². The summed E-state index contributed by atoms with van der Waals surface area (Å²) in [5.41, 5.74) is 2.65. The highest BCUT2D eigenvalue weighted by Gasteiger charge is 2.19. The van der Waals surface area contributed by atoms with Gasteiger partial charge in [-0.05, 0) is 37.6 Å². The first-order valence-corrected chi connectivity index (χ1v) is 10.7. The maximum Gasteiger partial charge on any atom is 0.172 e. The second-order valence-corrected chi connectivity index (χ2v) is 8.50. The number of nitrogens with zero attached hydrogens (tertiary/aromatic N) is 5. The molecule has 1 aliphatic rings. The molecule has 0 bridgehead atoms. The van der Waals surface area contributed by atoms with Crippen LogP contribution in [0, 0.1) is 23.0 Å². The second kappa shape index (κ2) is 8.13. The molecule has 4 aromatic rings. The van der Waals surface area contributed by atoms with Crippen LogP contribution in [0.1, 0.15) is 24.4 Å². The van der Waals surface area contributed by atoms with Gasteiger partial charge < -0.3 is 5.32 Å². The Kier molecular flexibility index (Phi) is 5.18. The van der Waals surface area contributed by atoms with Crippen LogP contribution in [0.2, 0.25) is 0 Å². The van der Waals surface area contributed by atoms with E-state index < -0.39 is 11.6 Å². The Morgan fingerprint density at radius 1 is 1.13 bits per heavy atom. The van der Waals surface area contributed by atoms with Crippen molar-refractivity contribution in [2.24, 2.45) is 0 Å². The Morgan fingerprint density at radius 2 is 2.03 bits per heavy atom. The van der Waals surface area contributed by atoms with E-state index in [1.165, 1.54) is 18.3 Å². The Bertz CT molecular complexity index is 1300. The van der Waals surface area contributed by atoms with Crippen molar-refractivity contribution >= 4 is 17.3 Å². The smallest absolute Gasteiger partial charge is 0.172 e. The number of halogens is 2. The third-order valence-corrected chi connectivity index (χ3v) is 6.48. The molecule has 1 fully saturated rings. The van der Waals surface area contributed by atoms with E-state index >= 15 is 0 Å². The van der Waals surface area contributed by atoms with Crippen molar-refractivity contribution in [3.63, 3.8) is 0 Å². The molecule has 1 unspecified atom stereocenters. The van der Waals surface area contributed by atoms with Crippen LogP contribution < -0.4 is 5.32 Å². The van der Waals surface area contributed by atoms with Crippen LogP contribution in [0.25, 0.3) is 16.6 Å². The number of nitriles is 1. The fourth-order valence-electron chi connectivity index (χ4n) is 3.83. The molecule has 0 aliphatic carbocycles. The summed E-state index contributed by atoms with van der Waals surface area (Å²) >= 11 is 1.07. The molecule has 1 aromatic carbocycles. The number of piperidine rings is 1. The lowest BCUT2D eigenvalue weighted by Crippen LogP contribution is -2.31. The highest BCUT2D eigenvalue weighted by Crippen LogP contribution is 2.37. The minimum atomic E-state index is -0.910. The molecular weight excluding hydrogens is 418 g/mol.